The van der Waals surface area contributed by atoms with Crippen LogP contribution in [-0.4, -0.2) is 39.3 Å². The van der Waals surface area contributed by atoms with Crippen molar-refractivity contribution >= 4 is 22.3 Å². The van der Waals surface area contributed by atoms with Gasteiger partial charge in [0.05, 0.1) is 24.6 Å². The van der Waals surface area contributed by atoms with Crippen molar-refractivity contribution in [3.05, 3.63) is 21.3 Å². The summed E-state index contributed by atoms with van der Waals surface area (Å²) in [4.78, 5) is 24.2. The minimum atomic E-state index is -1.45. The zero-order valence-electron chi connectivity index (χ0n) is 8.77. The molecule has 0 saturated heterocycles. The quantitative estimate of drug-likeness (QED) is 0.435. The van der Waals surface area contributed by atoms with E-state index in [1.165, 1.54) is 0 Å². The van der Waals surface area contributed by atoms with Crippen molar-refractivity contribution in [2.24, 2.45) is 0 Å². The number of ether oxygens (including phenoxy) is 1. The molecule has 9 heteroatoms. The van der Waals surface area contributed by atoms with Crippen LogP contribution in [0.1, 0.15) is 17.5 Å². The number of nitrogens with zero attached hydrogens (tertiary/aromatic N) is 2. The third-order valence-corrected chi connectivity index (χ3v) is 2.93. The number of aromatic nitrogens is 1. The average Bonchev–Trinajstić information content (AvgIpc) is 2.77. The number of carbonyl (C=O) groups is 1. The van der Waals surface area contributed by atoms with E-state index < -0.39 is 29.5 Å². The molecule has 0 aliphatic carbocycles. The van der Waals surface area contributed by atoms with Crippen LogP contribution >= 0.6 is 11.3 Å². The van der Waals surface area contributed by atoms with Gasteiger partial charge in [-0.05, 0) is 11.3 Å². The fourth-order valence-corrected chi connectivity index (χ4v) is 1.81. The summed E-state index contributed by atoms with van der Waals surface area (Å²) in [6, 6.07) is 0. The molecule has 0 spiro atoms. The highest BCUT2D eigenvalue weighted by atomic mass is 32.1. The first-order valence-corrected chi connectivity index (χ1v) is 5.30. The second-order valence-corrected chi connectivity index (χ2v) is 4.13. The Hall–Kier alpha value is -1.58. The van der Waals surface area contributed by atoms with Crippen molar-refractivity contribution in [1.82, 2.24) is 4.98 Å². The monoisotopic (exact) mass is 262 g/mol. The van der Waals surface area contributed by atoms with Gasteiger partial charge in [0.1, 0.15) is 17.3 Å². The molecule has 1 heterocycles. The molecular weight excluding hydrogens is 252 g/mol. The molecule has 1 aromatic heterocycles. The molecule has 0 radical (unpaired) electrons. The standard InChI is InChI=1S/C8H10N2O6S/c1-16-6(12)2-4(11)7(13)8-9-3-5(17-8)10(14)15/h3-4,7,11,13H,2H2,1H3. The molecule has 0 fully saturated rings. The summed E-state index contributed by atoms with van der Waals surface area (Å²) in [6.07, 6.45) is -2.29. The van der Waals surface area contributed by atoms with E-state index in [9.17, 15) is 25.1 Å². The maximum atomic E-state index is 10.9. The molecule has 0 aromatic carbocycles. The van der Waals surface area contributed by atoms with Crippen LogP contribution in [0.25, 0.3) is 0 Å². The zero-order chi connectivity index (χ0) is 13.0. The Kier molecular flexibility index (Phi) is 4.49. The number of hydrogen-bond acceptors (Lipinski definition) is 8. The predicted molar refractivity (Wildman–Crippen MR) is 56.4 cm³/mol. The third-order valence-electron chi connectivity index (χ3n) is 1.91. The smallest absolute Gasteiger partial charge is 0.344 e. The number of hydrogen-bond donors (Lipinski definition) is 2. The van der Waals surface area contributed by atoms with Gasteiger partial charge in [0.2, 0.25) is 0 Å². The molecule has 2 unspecified atom stereocenters. The lowest BCUT2D eigenvalue weighted by Gasteiger charge is -2.13. The number of esters is 1. The summed E-state index contributed by atoms with van der Waals surface area (Å²) in [7, 11) is 1.15. The Morgan fingerprint density at radius 2 is 2.35 bits per heavy atom. The third kappa shape index (κ3) is 3.44. The van der Waals surface area contributed by atoms with Crippen LogP contribution < -0.4 is 0 Å². The van der Waals surface area contributed by atoms with Gasteiger partial charge in [0.25, 0.3) is 0 Å². The molecular formula is C8H10N2O6S. The topological polar surface area (TPSA) is 123 Å². The van der Waals surface area contributed by atoms with Gasteiger partial charge in [-0.15, -0.1) is 0 Å². The van der Waals surface area contributed by atoms with Crippen LogP contribution in [0.4, 0.5) is 5.00 Å². The second kappa shape index (κ2) is 5.66. The lowest BCUT2D eigenvalue weighted by atomic mass is 10.1. The van der Waals surface area contributed by atoms with Crippen molar-refractivity contribution < 1.29 is 24.7 Å². The minimum Gasteiger partial charge on any atom is -0.469 e. The Morgan fingerprint density at radius 3 is 2.82 bits per heavy atom. The molecule has 0 aliphatic rings. The summed E-state index contributed by atoms with van der Waals surface area (Å²) in [5, 5.41) is 29.2. The molecule has 0 amide bonds. The molecule has 1 aromatic rings. The Balaban J connectivity index is 2.70. The highest BCUT2D eigenvalue weighted by Crippen LogP contribution is 2.28. The first-order valence-electron chi connectivity index (χ1n) is 4.48. The Labute approximate surface area is 99.6 Å². The van der Waals surface area contributed by atoms with E-state index >= 15 is 0 Å². The van der Waals surface area contributed by atoms with Crippen molar-refractivity contribution in [3.8, 4) is 0 Å². The van der Waals surface area contributed by atoms with Crippen LogP contribution in [0.2, 0.25) is 0 Å². The van der Waals surface area contributed by atoms with E-state index in [1.54, 1.807) is 0 Å². The summed E-state index contributed by atoms with van der Waals surface area (Å²) < 4.78 is 4.32. The molecule has 2 N–H and O–H groups in total. The van der Waals surface area contributed by atoms with E-state index in [-0.39, 0.29) is 10.0 Å². The molecule has 17 heavy (non-hydrogen) atoms. The number of rotatable bonds is 5. The van der Waals surface area contributed by atoms with Gasteiger partial charge < -0.3 is 14.9 Å². The van der Waals surface area contributed by atoms with E-state index in [4.69, 9.17) is 0 Å². The maximum absolute atomic E-state index is 10.9. The first-order chi connectivity index (χ1) is 7.95. The van der Waals surface area contributed by atoms with Crippen LogP contribution in [0.3, 0.4) is 0 Å². The van der Waals surface area contributed by atoms with Gasteiger partial charge in [-0.25, -0.2) is 4.98 Å². The van der Waals surface area contributed by atoms with Crippen molar-refractivity contribution in [1.29, 1.82) is 0 Å². The van der Waals surface area contributed by atoms with Crippen molar-refractivity contribution in [3.63, 3.8) is 0 Å². The second-order valence-electron chi connectivity index (χ2n) is 3.09. The number of aliphatic hydroxyl groups excluding tert-OH is 2. The lowest BCUT2D eigenvalue weighted by molar-refractivity contribution is -0.380. The number of methoxy groups -OCH3 is 1. The highest BCUT2D eigenvalue weighted by molar-refractivity contribution is 7.14. The Bertz CT molecular complexity index is 420. The van der Waals surface area contributed by atoms with Gasteiger partial charge in [0, 0.05) is 0 Å². The van der Waals surface area contributed by atoms with Crippen molar-refractivity contribution in [2.45, 2.75) is 18.6 Å². The van der Waals surface area contributed by atoms with E-state index in [1.807, 2.05) is 0 Å². The van der Waals surface area contributed by atoms with Crippen molar-refractivity contribution in [2.75, 3.05) is 7.11 Å². The fraction of sp³-hybridized carbons (Fsp3) is 0.500. The number of thiazole rings is 1. The van der Waals surface area contributed by atoms with Crippen LogP contribution in [0, 0.1) is 10.1 Å². The average molecular weight is 262 g/mol. The van der Waals surface area contributed by atoms with Gasteiger partial charge in [0.15, 0.2) is 0 Å². The summed E-state index contributed by atoms with van der Waals surface area (Å²) in [5.41, 5.74) is 0. The largest absolute Gasteiger partial charge is 0.469 e. The Morgan fingerprint density at radius 1 is 1.71 bits per heavy atom. The fourth-order valence-electron chi connectivity index (χ4n) is 1.03. The first kappa shape index (κ1) is 13.5. The number of aliphatic hydroxyl groups is 2. The molecule has 2 atom stereocenters. The van der Waals surface area contributed by atoms with Crippen LogP contribution in [0.15, 0.2) is 6.20 Å². The summed E-state index contributed by atoms with van der Waals surface area (Å²) in [5.74, 6) is -0.692. The van der Waals surface area contributed by atoms with E-state index in [2.05, 4.69) is 9.72 Å². The van der Waals surface area contributed by atoms with E-state index in [0.717, 1.165) is 13.3 Å². The molecule has 0 aliphatic heterocycles. The van der Waals surface area contributed by atoms with Crippen LogP contribution in [-0.2, 0) is 9.53 Å². The van der Waals surface area contributed by atoms with Crippen LogP contribution in [0.5, 0.6) is 0 Å². The molecule has 94 valence electrons. The maximum Gasteiger partial charge on any atom is 0.344 e. The minimum absolute atomic E-state index is 0.0203. The molecule has 0 bridgehead atoms. The SMILES string of the molecule is COC(=O)CC(O)C(O)c1ncc([N+](=O)[O-])s1. The highest BCUT2D eigenvalue weighted by Gasteiger charge is 2.26. The molecule has 8 nitrogen and oxygen atoms in total. The van der Waals surface area contributed by atoms with Gasteiger partial charge in [-0.1, -0.05) is 0 Å². The lowest BCUT2D eigenvalue weighted by Crippen LogP contribution is -2.22. The number of carbonyl (C=O) groups excluding carboxylic acids is 1. The van der Waals surface area contributed by atoms with E-state index in [0.29, 0.717) is 11.3 Å². The molecule has 1 rings (SSSR count). The van der Waals surface area contributed by atoms with Gasteiger partial charge in [-0.3, -0.25) is 14.9 Å². The predicted octanol–water partition coefficient (Wildman–Crippen LogP) is 0.00870. The summed E-state index contributed by atoms with van der Waals surface area (Å²) in [6.45, 7) is 0. The molecule has 0 saturated carbocycles. The zero-order valence-corrected chi connectivity index (χ0v) is 9.59. The summed E-state index contributed by atoms with van der Waals surface area (Å²) >= 11 is 0.640. The normalized spacial score (nSPS) is 14.1. The number of nitro groups is 1. The van der Waals surface area contributed by atoms with Gasteiger partial charge >= 0.3 is 11.0 Å². The van der Waals surface area contributed by atoms with Gasteiger partial charge in [-0.2, -0.15) is 0 Å².